The summed E-state index contributed by atoms with van der Waals surface area (Å²) in [6, 6.07) is 7.51. The van der Waals surface area contributed by atoms with Gasteiger partial charge in [-0.2, -0.15) is 0 Å². The Bertz CT molecular complexity index is 778. The van der Waals surface area contributed by atoms with Crippen molar-refractivity contribution in [2.45, 2.75) is 31.1 Å². The van der Waals surface area contributed by atoms with Crippen LogP contribution in [0.25, 0.3) is 10.1 Å². The summed E-state index contributed by atoms with van der Waals surface area (Å²) in [5.74, 6) is 0. The fourth-order valence-electron chi connectivity index (χ4n) is 3.47. The smallest absolute Gasteiger partial charge is 0.188 e. The van der Waals surface area contributed by atoms with Gasteiger partial charge in [0.2, 0.25) is 0 Å². The van der Waals surface area contributed by atoms with Crippen LogP contribution in [0.15, 0.2) is 40.7 Å². The number of rotatable bonds is 1. The molecule has 4 rings (SSSR count). The van der Waals surface area contributed by atoms with Gasteiger partial charge in [0.15, 0.2) is 5.43 Å². The standard InChI is InChI=1S/C16H15NOS.CH4O/c17-11-3-4-14-12(8-11)13(18)9-15(19-14)16-6-1-2-10(16)5-7-16;1-2/h3-5,8-9H,1-2,6-7,17H2;2H,1H3. The Morgan fingerprint density at radius 2 is 2.10 bits per heavy atom. The van der Waals surface area contributed by atoms with E-state index in [4.69, 9.17) is 10.8 Å². The summed E-state index contributed by atoms with van der Waals surface area (Å²) in [4.78, 5) is 13.6. The van der Waals surface area contributed by atoms with Crippen molar-refractivity contribution in [3.8, 4) is 0 Å². The molecule has 0 bridgehead atoms. The lowest BCUT2D eigenvalue weighted by Gasteiger charge is -2.37. The van der Waals surface area contributed by atoms with Crippen LogP contribution in [-0.2, 0) is 5.41 Å². The van der Waals surface area contributed by atoms with Crippen molar-refractivity contribution >= 4 is 27.1 Å². The van der Waals surface area contributed by atoms with Crippen molar-refractivity contribution in [3.05, 3.63) is 51.0 Å². The van der Waals surface area contributed by atoms with E-state index in [-0.39, 0.29) is 10.8 Å². The third kappa shape index (κ3) is 2.10. The van der Waals surface area contributed by atoms with Crippen LogP contribution >= 0.6 is 11.3 Å². The van der Waals surface area contributed by atoms with Crippen LogP contribution in [0, 0.1) is 0 Å². The minimum atomic E-state index is 0.114. The fourth-order valence-corrected chi connectivity index (χ4v) is 4.79. The van der Waals surface area contributed by atoms with E-state index in [0.717, 1.165) is 23.6 Å². The van der Waals surface area contributed by atoms with E-state index in [1.54, 1.807) is 23.0 Å². The maximum absolute atomic E-state index is 12.3. The highest BCUT2D eigenvalue weighted by molar-refractivity contribution is 7.18. The molecule has 0 saturated heterocycles. The molecule has 3 N–H and O–H groups in total. The van der Waals surface area contributed by atoms with E-state index in [9.17, 15) is 4.79 Å². The van der Waals surface area contributed by atoms with Gasteiger partial charge in [-0.15, -0.1) is 11.3 Å². The number of anilines is 1. The molecule has 0 aliphatic heterocycles. The first-order chi connectivity index (χ1) is 10.2. The summed E-state index contributed by atoms with van der Waals surface area (Å²) >= 11 is 1.76. The van der Waals surface area contributed by atoms with E-state index >= 15 is 0 Å². The topological polar surface area (TPSA) is 63.3 Å². The molecule has 1 aromatic heterocycles. The minimum absolute atomic E-state index is 0.114. The molecule has 1 fully saturated rings. The van der Waals surface area contributed by atoms with Gasteiger partial charge in [0.25, 0.3) is 0 Å². The maximum Gasteiger partial charge on any atom is 0.188 e. The zero-order chi connectivity index (χ0) is 15.0. The number of allylic oxidation sites excluding steroid dienone is 2. The quantitative estimate of drug-likeness (QED) is 0.628. The molecule has 1 unspecified atom stereocenters. The second kappa shape index (κ2) is 5.28. The molecule has 1 atom stereocenters. The normalized spacial score (nSPS) is 22.9. The summed E-state index contributed by atoms with van der Waals surface area (Å²) < 4.78 is 1.06. The molecule has 0 amide bonds. The first-order valence-electron chi connectivity index (χ1n) is 7.17. The predicted molar refractivity (Wildman–Crippen MR) is 88.9 cm³/mol. The van der Waals surface area contributed by atoms with E-state index in [2.05, 4.69) is 6.08 Å². The second-order valence-electron chi connectivity index (χ2n) is 5.60. The highest BCUT2D eigenvalue weighted by atomic mass is 32.1. The first-order valence-corrected chi connectivity index (χ1v) is 7.99. The molecule has 1 aromatic carbocycles. The lowest BCUT2D eigenvalue weighted by Crippen LogP contribution is -2.30. The SMILES string of the molecule is CO.Nc1ccc2sc(C34CC=C3CCC4)cc(=O)c2c1. The van der Waals surface area contributed by atoms with Gasteiger partial charge in [-0.1, -0.05) is 11.6 Å². The molecular weight excluding hydrogens is 282 g/mol. The van der Waals surface area contributed by atoms with Gasteiger partial charge in [-0.25, -0.2) is 0 Å². The predicted octanol–water partition coefficient (Wildman–Crippen LogP) is 3.20. The van der Waals surface area contributed by atoms with Gasteiger partial charge < -0.3 is 10.8 Å². The number of nitrogen functional groups attached to an aromatic ring is 1. The van der Waals surface area contributed by atoms with Gasteiger partial charge in [0.1, 0.15) is 0 Å². The molecule has 2 aromatic rings. The molecule has 2 aliphatic rings. The molecule has 110 valence electrons. The Morgan fingerprint density at radius 1 is 1.29 bits per heavy atom. The molecule has 4 heteroatoms. The van der Waals surface area contributed by atoms with Crippen molar-refractivity contribution in [3.63, 3.8) is 0 Å². The summed E-state index contributed by atoms with van der Waals surface area (Å²) in [5.41, 5.74) is 8.30. The van der Waals surface area contributed by atoms with E-state index in [1.165, 1.54) is 24.1 Å². The minimum Gasteiger partial charge on any atom is -0.400 e. The highest BCUT2D eigenvalue weighted by Crippen LogP contribution is 2.55. The largest absolute Gasteiger partial charge is 0.400 e. The zero-order valence-electron chi connectivity index (χ0n) is 12.1. The van der Waals surface area contributed by atoms with Gasteiger partial charge in [0.05, 0.1) is 0 Å². The van der Waals surface area contributed by atoms with Crippen molar-refractivity contribution in [1.82, 2.24) is 0 Å². The molecule has 2 aliphatic carbocycles. The zero-order valence-corrected chi connectivity index (χ0v) is 12.9. The summed E-state index contributed by atoms with van der Waals surface area (Å²) in [6.07, 6.45) is 7.12. The number of hydrogen-bond donors (Lipinski definition) is 2. The van der Waals surface area contributed by atoms with Crippen LogP contribution < -0.4 is 11.2 Å². The van der Waals surface area contributed by atoms with Gasteiger partial charge in [-0.05, 0) is 43.9 Å². The molecule has 21 heavy (non-hydrogen) atoms. The number of aliphatic hydroxyl groups excluding tert-OH is 1. The molecule has 1 heterocycles. The van der Waals surface area contributed by atoms with E-state index in [0.29, 0.717) is 5.69 Å². The van der Waals surface area contributed by atoms with Gasteiger partial charge >= 0.3 is 0 Å². The Hall–Kier alpha value is -1.65. The van der Waals surface area contributed by atoms with Crippen molar-refractivity contribution in [2.24, 2.45) is 0 Å². The second-order valence-corrected chi connectivity index (χ2v) is 6.68. The van der Waals surface area contributed by atoms with Crippen LogP contribution in [0.2, 0.25) is 0 Å². The van der Waals surface area contributed by atoms with Gasteiger partial charge in [0, 0.05) is 39.2 Å². The van der Waals surface area contributed by atoms with Crippen LogP contribution in [0.4, 0.5) is 5.69 Å². The van der Waals surface area contributed by atoms with E-state index < -0.39 is 0 Å². The summed E-state index contributed by atoms with van der Waals surface area (Å²) in [7, 11) is 1.00. The number of aliphatic hydroxyl groups is 1. The highest BCUT2D eigenvalue weighted by Gasteiger charge is 2.45. The van der Waals surface area contributed by atoms with E-state index in [1.807, 2.05) is 18.2 Å². The third-order valence-electron chi connectivity index (χ3n) is 4.58. The Labute approximate surface area is 127 Å². The molecule has 0 radical (unpaired) electrons. The fraction of sp³-hybridized carbons (Fsp3) is 0.353. The van der Waals surface area contributed by atoms with Crippen molar-refractivity contribution in [2.75, 3.05) is 12.8 Å². The number of nitrogens with two attached hydrogens (primary N) is 1. The van der Waals surface area contributed by atoms with Crippen LogP contribution in [0.3, 0.4) is 0 Å². The molecule has 3 nitrogen and oxygen atoms in total. The summed E-state index contributed by atoms with van der Waals surface area (Å²) in [6.45, 7) is 0. The Morgan fingerprint density at radius 3 is 2.76 bits per heavy atom. The monoisotopic (exact) mass is 301 g/mol. The first kappa shape index (κ1) is 14.3. The summed E-state index contributed by atoms with van der Waals surface area (Å²) in [5, 5.41) is 7.76. The molecular formula is C17H19NO2S. The average Bonchev–Trinajstić information content (AvgIpc) is 2.77. The Kier molecular flexibility index (Phi) is 3.59. The lowest BCUT2D eigenvalue weighted by atomic mass is 9.69. The van der Waals surface area contributed by atoms with Crippen LogP contribution in [0.5, 0.6) is 0 Å². The molecule has 1 saturated carbocycles. The molecule has 0 spiro atoms. The van der Waals surface area contributed by atoms with Crippen molar-refractivity contribution < 1.29 is 5.11 Å². The number of hydrogen-bond acceptors (Lipinski definition) is 4. The van der Waals surface area contributed by atoms with Crippen molar-refractivity contribution in [1.29, 1.82) is 0 Å². The average molecular weight is 301 g/mol. The lowest BCUT2D eigenvalue weighted by molar-refractivity contribution is 0.399. The van der Waals surface area contributed by atoms with Gasteiger partial charge in [-0.3, -0.25) is 4.79 Å². The third-order valence-corrected chi connectivity index (χ3v) is 5.89. The number of benzene rings is 1. The maximum atomic E-state index is 12.3. The number of fused-ring (bicyclic) bond motifs is 2. The Balaban J connectivity index is 0.000000636. The van der Waals surface area contributed by atoms with Crippen LogP contribution in [0.1, 0.15) is 30.6 Å². The van der Waals surface area contributed by atoms with Crippen LogP contribution in [-0.4, -0.2) is 12.2 Å².